The SMILES string of the molecule is Cc1n[nH]c(=O)nc1NN=Cc1cccc2ccccc12. The second-order valence-electron chi connectivity index (χ2n) is 4.51. The summed E-state index contributed by atoms with van der Waals surface area (Å²) in [6.45, 7) is 1.73. The molecule has 0 bridgehead atoms. The third kappa shape index (κ3) is 2.79. The molecule has 2 N–H and O–H groups in total. The number of anilines is 1. The molecule has 0 radical (unpaired) electrons. The van der Waals surface area contributed by atoms with Gasteiger partial charge in [0.2, 0.25) is 0 Å². The first-order valence-corrected chi connectivity index (χ1v) is 6.44. The Morgan fingerprint density at radius 3 is 2.90 bits per heavy atom. The Morgan fingerprint density at radius 1 is 1.19 bits per heavy atom. The van der Waals surface area contributed by atoms with Crippen molar-refractivity contribution in [1.29, 1.82) is 0 Å². The highest BCUT2D eigenvalue weighted by molar-refractivity contribution is 5.99. The molecule has 3 rings (SSSR count). The van der Waals surface area contributed by atoms with Crippen LogP contribution < -0.4 is 11.1 Å². The van der Waals surface area contributed by atoms with E-state index >= 15 is 0 Å². The van der Waals surface area contributed by atoms with Crippen LogP contribution >= 0.6 is 0 Å². The summed E-state index contributed by atoms with van der Waals surface area (Å²) in [4.78, 5) is 14.9. The van der Waals surface area contributed by atoms with Crippen molar-refractivity contribution in [2.45, 2.75) is 6.92 Å². The Morgan fingerprint density at radius 2 is 2.00 bits per heavy atom. The van der Waals surface area contributed by atoms with Crippen LogP contribution in [0.2, 0.25) is 0 Å². The Kier molecular flexibility index (Phi) is 3.42. The Hall–Kier alpha value is -3.02. The van der Waals surface area contributed by atoms with E-state index in [-0.39, 0.29) is 0 Å². The zero-order valence-electron chi connectivity index (χ0n) is 11.4. The Labute approximate surface area is 120 Å². The van der Waals surface area contributed by atoms with Crippen LogP contribution in [-0.2, 0) is 0 Å². The van der Waals surface area contributed by atoms with Crippen molar-refractivity contribution in [3.8, 4) is 0 Å². The molecule has 6 heteroatoms. The van der Waals surface area contributed by atoms with Gasteiger partial charge in [-0.25, -0.2) is 9.89 Å². The summed E-state index contributed by atoms with van der Waals surface area (Å²) in [5.41, 5.74) is 3.79. The fourth-order valence-electron chi connectivity index (χ4n) is 2.02. The molecule has 0 aliphatic heterocycles. The van der Waals surface area contributed by atoms with Crippen molar-refractivity contribution in [1.82, 2.24) is 15.2 Å². The van der Waals surface area contributed by atoms with Gasteiger partial charge in [-0.3, -0.25) is 5.43 Å². The molecule has 0 fully saturated rings. The highest BCUT2D eigenvalue weighted by Gasteiger charge is 2.01. The summed E-state index contributed by atoms with van der Waals surface area (Å²) in [6.07, 6.45) is 1.70. The first kappa shape index (κ1) is 13.0. The summed E-state index contributed by atoms with van der Waals surface area (Å²) >= 11 is 0. The van der Waals surface area contributed by atoms with Gasteiger partial charge in [0, 0.05) is 5.56 Å². The van der Waals surface area contributed by atoms with Gasteiger partial charge in [-0.15, -0.1) is 0 Å². The summed E-state index contributed by atoms with van der Waals surface area (Å²) in [7, 11) is 0. The first-order valence-electron chi connectivity index (χ1n) is 6.44. The minimum absolute atomic E-state index is 0.343. The molecule has 0 spiro atoms. The van der Waals surface area contributed by atoms with Crippen molar-refractivity contribution >= 4 is 22.8 Å². The molecular formula is C15H13N5O. The van der Waals surface area contributed by atoms with Crippen LogP contribution in [0.1, 0.15) is 11.3 Å². The molecule has 2 aromatic carbocycles. The molecule has 0 atom stereocenters. The van der Waals surface area contributed by atoms with E-state index in [1.807, 2.05) is 42.5 Å². The fourth-order valence-corrected chi connectivity index (χ4v) is 2.02. The van der Waals surface area contributed by atoms with Crippen LogP contribution in [0, 0.1) is 6.92 Å². The highest BCUT2D eigenvalue weighted by Crippen LogP contribution is 2.16. The molecular weight excluding hydrogens is 266 g/mol. The van der Waals surface area contributed by atoms with Gasteiger partial charge < -0.3 is 0 Å². The average Bonchev–Trinajstić information content (AvgIpc) is 2.51. The van der Waals surface area contributed by atoms with Crippen LogP contribution in [0.25, 0.3) is 10.8 Å². The maximum atomic E-state index is 11.1. The first-order chi connectivity index (χ1) is 10.2. The van der Waals surface area contributed by atoms with Crippen LogP contribution in [0.4, 0.5) is 5.82 Å². The van der Waals surface area contributed by atoms with Crippen molar-refractivity contribution < 1.29 is 0 Å². The van der Waals surface area contributed by atoms with E-state index in [9.17, 15) is 4.79 Å². The van der Waals surface area contributed by atoms with Gasteiger partial charge in [0.15, 0.2) is 5.82 Å². The van der Waals surface area contributed by atoms with Crippen LogP contribution in [0.3, 0.4) is 0 Å². The Bertz CT molecular complexity index is 864. The number of fused-ring (bicyclic) bond motifs is 1. The third-order valence-electron chi connectivity index (χ3n) is 3.07. The molecule has 104 valence electrons. The van der Waals surface area contributed by atoms with Gasteiger partial charge in [-0.2, -0.15) is 15.2 Å². The monoisotopic (exact) mass is 279 g/mol. The molecule has 0 aliphatic carbocycles. The maximum Gasteiger partial charge on any atom is 0.363 e. The number of nitrogens with zero attached hydrogens (tertiary/aromatic N) is 3. The summed E-state index contributed by atoms with van der Waals surface area (Å²) in [6, 6.07) is 14.1. The van der Waals surface area contributed by atoms with Crippen LogP contribution in [0.5, 0.6) is 0 Å². The zero-order chi connectivity index (χ0) is 14.7. The molecule has 1 heterocycles. The predicted octanol–water partition coefficient (Wildman–Crippen LogP) is 2.07. The standard InChI is InChI=1S/C15H13N5O/c1-10-14(17-15(21)20-18-10)19-16-9-12-7-4-6-11-5-2-3-8-13(11)12/h2-9H,1H3,(H2,17,19,20,21). The molecule has 6 nitrogen and oxygen atoms in total. The molecule has 0 saturated heterocycles. The van der Waals surface area contributed by atoms with E-state index in [0.717, 1.165) is 16.3 Å². The highest BCUT2D eigenvalue weighted by atomic mass is 16.1. The number of benzene rings is 2. The van der Waals surface area contributed by atoms with Crippen molar-refractivity contribution in [2.75, 3.05) is 5.43 Å². The number of aromatic nitrogens is 3. The molecule has 1 aromatic heterocycles. The number of nitrogens with one attached hydrogen (secondary N) is 2. The number of rotatable bonds is 3. The lowest BCUT2D eigenvalue weighted by atomic mass is 10.1. The molecule has 21 heavy (non-hydrogen) atoms. The smallest absolute Gasteiger partial charge is 0.260 e. The van der Waals surface area contributed by atoms with E-state index in [2.05, 4.69) is 25.7 Å². The second kappa shape index (κ2) is 5.54. The van der Waals surface area contributed by atoms with Crippen LogP contribution in [0.15, 0.2) is 52.4 Å². The number of aromatic amines is 1. The number of hydrogen-bond acceptors (Lipinski definition) is 5. The van der Waals surface area contributed by atoms with E-state index < -0.39 is 5.69 Å². The zero-order valence-corrected chi connectivity index (χ0v) is 11.4. The second-order valence-corrected chi connectivity index (χ2v) is 4.51. The predicted molar refractivity (Wildman–Crippen MR) is 82.6 cm³/mol. The molecule has 3 aromatic rings. The van der Waals surface area contributed by atoms with Crippen molar-refractivity contribution in [2.24, 2.45) is 5.10 Å². The molecule has 0 amide bonds. The Balaban J connectivity index is 1.88. The van der Waals surface area contributed by atoms with Gasteiger partial charge >= 0.3 is 5.69 Å². The fraction of sp³-hybridized carbons (Fsp3) is 0.0667. The minimum Gasteiger partial charge on any atom is -0.260 e. The van der Waals surface area contributed by atoms with Crippen molar-refractivity contribution in [3.05, 3.63) is 64.2 Å². The number of H-pyrrole nitrogens is 1. The van der Waals surface area contributed by atoms with E-state index in [1.54, 1.807) is 13.1 Å². The van der Waals surface area contributed by atoms with Crippen molar-refractivity contribution in [3.63, 3.8) is 0 Å². The number of aryl methyl sites for hydroxylation is 1. The van der Waals surface area contributed by atoms with E-state index in [0.29, 0.717) is 11.5 Å². The van der Waals surface area contributed by atoms with Gasteiger partial charge in [0.05, 0.1) is 6.21 Å². The quantitative estimate of drug-likeness (QED) is 0.568. The molecule has 0 unspecified atom stereocenters. The minimum atomic E-state index is -0.511. The largest absolute Gasteiger partial charge is 0.363 e. The van der Waals surface area contributed by atoms with Gasteiger partial charge in [-0.05, 0) is 17.7 Å². The average molecular weight is 279 g/mol. The third-order valence-corrected chi connectivity index (χ3v) is 3.07. The van der Waals surface area contributed by atoms with E-state index in [4.69, 9.17) is 0 Å². The number of hydrazone groups is 1. The van der Waals surface area contributed by atoms with Gasteiger partial charge in [-0.1, -0.05) is 42.5 Å². The van der Waals surface area contributed by atoms with Crippen LogP contribution in [-0.4, -0.2) is 21.4 Å². The normalized spacial score (nSPS) is 11.1. The topological polar surface area (TPSA) is 83.0 Å². The maximum absolute atomic E-state index is 11.1. The number of hydrogen-bond donors (Lipinski definition) is 2. The summed E-state index contributed by atoms with van der Waals surface area (Å²) in [5, 5.41) is 12.5. The van der Waals surface area contributed by atoms with E-state index in [1.165, 1.54) is 0 Å². The van der Waals surface area contributed by atoms with Gasteiger partial charge in [0.25, 0.3) is 0 Å². The van der Waals surface area contributed by atoms with Gasteiger partial charge in [0.1, 0.15) is 5.69 Å². The molecule has 0 aliphatic rings. The summed E-state index contributed by atoms with van der Waals surface area (Å²) in [5.74, 6) is 0.343. The summed E-state index contributed by atoms with van der Waals surface area (Å²) < 4.78 is 0. The lowest BCUT2D eigenvalue weighted by Gasteiger charge is -2.02. The lowest BCUT2D eigenvalue weighted by molar-refractivity contribution is 0.879. The molecule has 0 saturated carbocycles. The lowest BCUT2D eigenvalue weighted by Crippen LogP contribution is -2.15.